The van der Waals surface area contributed by atoms with Crippen molar-refractivity contribution < 1.29 is 9.21 Å². The van der Waals surface area contributed by atoms with Crippen molar-refractivity contribution in [2.75, 3.05) is 26.2 Å². The van der Waals surface area contributed by atoms with E-state index in [1.807, 2.05) is 0 Å². The van der Waals surface area contributed by atoms with Gasteiger partial charge in [0.05, 0.1) is 18.4 Å². The van der Waals surface area contributed by atoms with Crippen LogP contribution in [0.1, 0.15) is 30.0 Å². The average molecular weight is 266 g/mol. The Bertz CT molecular complexity index is 422. The molecule has 106 valence electrons. The molecule has 2 rings (SSSR count). The number of carbonyl (C=O) groups excluding carboxylic acids is 1. The molecule has 3 N–H and O–H groups in total. The van der Waals surface area contributed by atoms with Crippen LogP contribution in [0.25, 0.3) is 0 Å². The van der Waals surface area contributed by atoms with Gasteiger partial charge in [0.2, 0.25) is 0 Å². The van der Waals surface area contributed by atoms with Crippen molar-refractivity contribution in [1.82, 2.24) is 15.2 Å². The Labute approximate surface area is 113 Å². The van der Waals surface area contributed by atoms with Crippen molar-refractivity contribution in [2.45, 2.75) is 26.4 Å². The number of carbonyl (C=O) groups is 1. The molecule has 2 heterocycles. The van der Waals surface area contributed by atoms with E-state index in [9.17, 15) is 4.79 Å². The van der Waals surface area contributed by atoms with E-state index in [-0.39, 0.29) is 5.91 Å². The lowest BCUT2D eigenvalue weighted by atomic mass is 10.2. The number of piperazine rings is 1. The van der Waals surface area contributed by atoms with Gasteiger partial charge in [0.15, 0.2) is 0 Å². The van der Waals surface area contributed by atoms with E-state index in [0.29, 0.717) is 23.9 Å². The maximum Gasteiger partial charge on any atom is 0.268 e. The Morgan fingerprint density at radius 1 is 1.42 bits per heavy atom. The first-order valence-electron chi connectivity index (χ1n) is 6.65. The van der Waals surface area contributed by atoms with Crippen LogP contribution in [0.5, 0.6) is 0 Å². The summed E-state index contributed by atoms with van der Waals surface area (Å²) in [7, 11) is 0. The molecule has 0 atom stereocenters. The molecule has 1 aromatic heterocycles. The maximum atomic E-state index is 11.6. The summed E-state index contributed by atoms with van der Waals surface area (Å²) in [6, 6.07) is 2.24. The average Bonchev–Trinajstić information content (AvgIpc) is 2.86. The van der Waals surface area contributed by atoms with Gasteiger partial charge in [0, 0.05) is 32.2 Å². The van der Waals surface area contributed by atoms with Gasteiger partial charge in [-0.15, -0.1) is 0 Å². The fourth-order valence-electron chi connectivity index (χ4n) is 2.38. The standard InChI is InChI=1S/C13H22N4O2/c1-10(2)17-6-4-16(5-7-17)9-12-11(3-8-19-12)13(18)15-14/h3,8,10H,4-7,9,14H2,1-2H3,(H,15,18). The topological polar surface area (TPSA) is 74.7 Å². The summed E-state index contributed by atoms with van der Waals surface area (Å²) >= 11 is 0. The van der Waals surface area contributed by atoms with E-state index in [1.165, 1.54) is 6.26 Å². The molecule has 1 aliphatic rings. The summed E-state index contributed by atoms with van der Waals surface area (Å²) in [4.78, 5) is 16.3. The number of hydrazine groups is 1. The third kappa shape index (κ3) is 3.34. The summed E-state index contributed by atoms with van der Waals surface area (Å²) in [5.74, 6) is 5.54. The van der Waals surface area contributed by atoms with Crippen LogP contribution >= 0.6 is 0 Å². The number of furan rings is 1. The highest BCUT2D eigenvalue weighted by Gasteiger charge is 2.21. The second kappa shape index (κ2) is 6.18. The third-order valence-electron chi connectivity index (χ3n) is 3.63. The van der Waals surface area contributed by atoms with E-state index in [4.69, 9.17) is 10.3 Å². The Hall–Kier alpha value is -1.37. The van der Waals surface area contributed by atoms with Crippen LogP contribution in [0.2, 0.25) is 0 Å². The summed E-state index contributed by atoms with van der Waals surface area (Å²) < 4.78 is 5.39. The van der Waals surface area contributed by atoms with Crippen LogP contribution in [-0.2, 0) is 6.54 Å². The van der Waals surface area contributed by atoms with E-state index in [2.05, 4.69) is 29.1 Å². The lowest BCUT2D eigenvalue weighted by Crippen LogP contribution is -2.48. The van der Waals surface area contributed by atoms with Gasteiger partial charge in [0.1, 0.15) is 5.76 Å². The SMILES string of the molecule is CC(C)N1CCN(Cc2occc2C(=O)NN)CC1. The molecule has 1 aliphatic heterocycles. The summed E-state index contributed by atoms with van der Waals surface area (Å²) in [5, 5.41) is 0. The van der Waals surface area contributed by atoms with Crippen LogP contribution in [0, 0.1) is 0 Å². The van der Waals surface area contributed by atoms with Crippen LogP contribution in [0.4, 0.5) is 0 Å². The Kier molecular flexibility index (Phi) is 4.57. The number of nitrogen functional groups attached to an aromatic ring is 1. The van der Waals surface area contributed by atoms with Gasteiger partial charge in [-0.25, -0.2) is 5.84 Å². The molecule has 1 amide bonds. The van der Waals surface area contributed by atoms with Gasteiger partial charge in [0.25, 0.3) is 5.91 Å². The number of hydrogen-bond acceptors (Lipinski definition) is 5. The van der Waals surface area contributed by atoms with Crippen LogP contribution in [-0.4, -0.2) is 47.9 Å². The summed E-state index contributed by atoms with van der Waals surface area (Å²) in [6.45, 7) is 9.16. The fourth-order valence-corrected chi connectivity index (χ4v) is 2.38. The van der Waals surface area contributed by atoms with E-state index >= 15 is 0 Å². The van der Waals surface area contributed by atoms with E-state index in [1.54, 1.807) is 6.07 Å². The molecule has 0 spiro atoms. The molecule has 6 heteroatoms. The predicted octanol–water partition coefficient (Wildman–Crippen LogP) is 0.409. The molecule has 6 nitrogen and oxygen atoms in total. The minimum Gasteiger partial charge on any atom is -0.467 e. The normalized spacial score (nSPS) is 17.9. The molecule has 0 aromatic carbocycles. The van der Waals surface area contributed by atoms with Crippen molar-refractivity contribution in [3.63, 3.8) is 0 Å². The van der Waals surface area contributed by atoms with Crippen LogP contribution in [0.3, 0.4) is 0 Å². The molecule has 0 bridgehead atoms. The lowest BCUT2D eigenvalue weighted by Gasteiger charge is -2.36. The second-order valence-electron chi connectivity index (χ2n) is 5.14. The smallest absolute Gasteiger partial charge is 0.268 e. The number of hydrogen-bond donors (Lipinski definition) is 2. The van der Waals surface area contributed by atoms with Gasteiger partial charge >= 0.3 is 0 Å². The molecule has 0 saturated carbocycles. The minimum atomic E-state index is -0.301. The molecule has 1 fully saturated rings. The highest BCUT2D eigenvalue weighted by Crippen LogP contribution is 2.15. The van der Waals surface area contributed by atoms with E-state index in [0.717, 1.165) is 26.2 Å². The first-order chi connectivity index (χ1) is 9.11. The Morgan fingerprint density at radius 2 is 2.11 bits per heavy atom. The van der Waals surface area contributed by atoms with Gasteiger partial charge in [-0.1, -0.05) is 0 Å². The zero-order chi connectivity index (χ0) is 13.8. The van der Waals surface area contributed by atoms with Crippen molar-refractivity contribution in [3.8, 4) is 0 Å². The summed E-state index contributed by atoms with van der Waals surface area (Å²) in [6.07, 6.45) is 1.53. The number of nitrogens with two attached hydrogens (primary N) is 1. The minimum absolute atomic E-state index is 0.301. The van der Waals surface area contributed by atoms with Gasteiger partial charge in [-0.05, 0) is 19.9 Å². The first-order valence-corrected chi connectivity index (χ1v) is 6.65. The molecular weight excluding hydrogens is 244 g/mol. The molecule has 1 saturated heterocycles. The highest BCUT2D eigenvalue weighted by molar-refractivity contribution is 5.94. The van der Waals surface area contributed by atoms with Gasteiger partial charge in [-0.3, -0.25) is 20.0 Å². The molecular formula is C13H22N4O2. The zero-order valence-corrected chi connectivity index (χ0v) is 11.6. The van der Waals surface area contributed by atoms with Crippen LogP contribution < -0.4 is 11.3 Å². The Morgan fingerprint density at radius 3 is 2.68 bits per heavy atom. The second-order valence-corrected chi connectivity index (χ2v) is 5.14. The number of amides is 1. The largest absolute Gasteiger partial charge is 0.467 e. The molecule has 19 heavy (non-hydrogen) atoms. The molecule has 1 aromatic rings. The number of nitrogens with zero attached hydrogens (tertiary/aromatic N) is 2. The van der Waals surface area contributed by atoms with Crippen molar-refractivity contribution in [2.24, 2.45) is 5.84 Å². The van der Waals surface area contributed by atoms with Crippen molar-refractivity contribution in [3.05, 3.63) is 23.7 Å². The summed E-state index contributed by atoms with van der Waals surface area (Å²) in [5.41, 5.74) is 2.66. The molecule has 0 radical (unpaired) electrons. The quantitative estimate of drug-likeness (QED) is 0.469. The van der Waals surface area contributed by atoms with Crippen molar-refractivity contribution in [1.29, 1.82) is 0 Å². The highest BCUT2D eigenvalue weighted by atomic mass is 16.3. The van der Waals surface area contributed by atoms with Gasteiger partial charge < -0.3 is 4.42 Å². The fraction of sp³-hybridized carbons (Fsp3) is 0.615. The molecule has 0 aliphatic carbocycles. The predicted molar refractivity (Wildman–Crippen MR) is 72.3 cm³/mol. The van der Waals surface area contributed by atoms with E-state index < -0.39 is 0 Å². The lowest BCUT2D eigenvalue weighted by molar-refractivity contribution is 0.0927. The van der Waals surface area contributed by atoms with Gasteiger partial charge in [-0.2, -0.15) is 0 Å². The monoisotopic (exact) mass is 266 g/mol. The van der Waals surface area contributed by atoms with Crippen molar-refractivity contribution >= 4 is 5.91 Å². The number of nitrogens with one attached hydrogen (secondary N) is 1. The number of rotatable bonds is 4. The third-order valence-corrected chi connectivity index (χ3v) is 3.63. The maximum absolute atomic E-state index is 11.6. The zero-order valence-electron chi connectivity index (χ0n) is 11.6. The Balaban J connectivity index is 1.93. The first kappa shape index (κ1) is 14.0. The molecule has 0 unspecified atom stereocenters. The van der Waals surface area contributed by atoms with Crippen LogP contribution in [0.15, 0.2) is 16.7 Å².